The second kappa shape index (κ2) is 7.04. The first kappa shape index (κ1) is 16.0. The Morgan fingerprint density at radius 2 is 2.05 bits per heavy atom. The van der Waals surface area contributed by atoms with Crippen LogP contribution in [-0.2, 0) is 16.1 Å². The Morgan fingerprint density at radius 3 is 2.62 bits per heavy atom. The predicted molar refractivity (Wildman–Crippen MR) is 80.9 cm³/mol. The highest BCUT2D eigenvalue weighted by Gasteiger charge is 2.29. The molecule has 1 aromatic heterocycles. The second-order valence-corrected chi connectivity index (χ2v) is 6.02. The summed E-state index contributed by atoms with van der Waals surface area (Å²) in [5.41, 5.74) is 0. The van der Waals surface area contributed by atoms with Gasteiger partial charge in [-0.2, -0.15) is 5.10 Å². The number of morpholine rings is 1. The normalized spacial score (nSPS) is 25.6. The monoisotopic (exact) mass is 294 g/mol. The van der Waals surface area contributed by atoms with Crippen LogP contribution in [0, 0.1) is 0 Å². The number of rotatable bonds is 5. The third-order valence-electron chi connectivity index (χ3n) is 3.66. The van der Waals surface area contributed by atoms with E-state index in [1.54, 1.807) is 6.20 Å². The van der Waals surface area contributed by atoms with Gasteiger partial charge in [0.1, 0.15) is 0 Å². The molecule has 1 aliphatic heterocycles. The van der Waals surface area contributed by atoms with Gasteiger partial charge >= 0.3 is 0 Å². The summed E-state index contributed by atoms with van der Waals surface area (Å²) in [5, 5.41) is 7.53. The number of ether oxygens (including phenoxy) is 1. The highest BCUT2D eigenvalue weighted by Crippen LogP contribution is 2.12. The summed E-state index contributed by atoms with van der Waals surface area (Å²) in [5.74, 6) is 0.143. The molecule has 2 rings (SSSR count). The minimum Gasteiger partial charge on any atom is -0.372 e. The summed E-state index contributed by atoms with van der Waals surface area (Å²) in [6, 6.07) is 1.88. The van der Waals surface area contributed by atoms with E-state index in [0.29, 0.717) is 13.1 Å². The molecular weight excluding hydrogens is 268 g/mol. The number of hydrogen-bond donors (Lipinski definition) is 1. The zero-order valence-corrected chi connectivity index (χ0v) is 13.3. The van der Waals surface area contributed by atoms with Crippen molar-refractivity contribution in [2.24, 2.45) is 0 Å². The van der Waals surface area contributed by atoms with Crippen molar-refractivity contribution in [1.82, 2.24) is 20.0 Å². The van der Waals surface area contributed by atoms with Gasteiger partial charge in [0.05, 0.1) is 24.8 Å². The molecule has 1 N–H and O–H groups in total. The SMILES string of the molecule is C[C@H](Cn1cccn1)N[C@H](C)C(=O)N1C[C@@H](C)O[C@@H](C)C1. The molecule has 6 nitrogen and oxygen atoms in total. The lowest BCUT2D eigenvalue weighted by molar-refractivity contribution is -0.145. The fourth-order valence-electron chi connectivity index (χ4n) is 2.87. The summed E-state index contributed by atoms with van der Waals surface area (Å²) in [6.45, 7) is 10.1. The van der Waals surface area contributed by atoms with Crippen LogP contribution in [0.3, 0.4) is 0 Å². The van der Waals surface area contributed by atoms with Crippen LogP contribution >= 0.6 is 0 Å². The number of hydrogen-bond acceptors (Lipinski definition) is 4. The third-order valence-corrected chi connectivity index (χ3v) is 3.66. The third kappa shape index (κ3) is 4.54. The van der Waals surface area contributed by atoms with Crippen molar-refractivity contribution in [2.75, 3.05) is 13.1 Å². The van der Waals surface area contributed by atoms with Crippen molar-refractivity contribution < 1.29 is 9.53 Å². The van der Waals surface area contributed by atoms with Crippen LogP contribution in [0.5, 0.6) is 0 Å². The quantitative estimate of drug-likeness (QED) is 0.876. The molecule has 1 saturated heterocycles. The second-order valence-electron chi connectivity index (χ2n) is 6.02. The van der Waals surface area contributed by atoms with Crippen molar-refractivity contribution >= 4 is 5.91 Å². The average Bonchev–Trinajstić information content (AvgIpc) is 2.89. The zero-order chi connectivity index (χ0) is 15.4. The highest BCUT2D eigenvalue weighted by molar-refractivity contribution is 5.81. The Bertz CT molecular complexity index is 439. The molecule has 0 radical (unpaired) electrons. The number of nitrogens with zero attached hydrogens (tertiary/aromatic N) is 3. The van der Waals surface area contributed by atoms with Crippen LogP contribution < -0.4 is 5.32 Å². The van der Waals surface area contributed by atoms with E-state index in [1.807, 2.05) is 42.6 Å². The van der Waals surface area contributed by atoms with Crippen LogP contribution in [0.4, 0.5) is 0 Å². The minimum atomic E-state index is -0.201. The van der Waals surface area contributed by atoms with Crippen molar-refractivity contribution in [2.45, 2.75) is 58.5 Å². The summed E-state index contributed by atoms with van der Waals surface area (Å²) in [7, 11) is 0. The van der Waals surface area contributed by atoms with Crippen LogP contribution in [0.25, 0.3) is 0 Å². The van der Waals surface area contributed by atoms with E-state index >= 15 is 0 Å². The molecule has 1 amide bonds. The molecule has 21 heavy (non-hydrogen) atoms. The number of nitrogens with one attached hydrogen (secondary N) is 1. The van der Waals surface area contributed by atoms with Crippen molar-refractivity contribution in [3.8, 4) is 0 Å². The molecule has 118 valence electrons. The Balaban J connectivity index is 1.84. The highest BCUT2D eigenvalue weighted by atomic mass is 16.5. The Kier molecular flexibility index (Phi) is 5.36. The van der Waals surface area contributed by atoms with Gasteiger partial charge in [-0.3, -0.25) is 9.48 Å². The molecule has 0 aromatic carbocycles. The molecule has 4 atom stereocenters. The van der Waals surface area contributed by atoms with E-state index in [0.717, 1.165) is 6.54 Å². The lowest BCUT2D eigenvalue weighted by Crippen LogP contribution is -2.54. The van der Waals surface area contributed by atoms with Crippen molar-refractivity contribution in [1.29, 1.82) is 0 Å². The number of carbonyl (C=O) groups is 1. The predicted octanol–water partition coefficient (Wildman–Crippen LogP) is 0.885. The first-order chi connectivity index (χ1) is 9.95. The van der Waals surface area contributed by atoms with Gasteiger partial charge in [0.2, 0.25) is 5.91 Å². The molecule has 0 saturated carbocycles. The smallest absolute Gasteiger partial charge is 0.239 e. The van der Waals surface area contributed by atoms with E-state index in [-0.39, 0.29) is 30.2 Å². The van der Waals surface area contributed by atoms with Gasteiger partial charge in [-0.1, -0.05) is 0 Å². The Labute approximate surface area is 126 Å². The molecule has 2 heterocycles. The van der Waals surface area contributed by atoms with Gasteiger partial charge in [-0.05, 0) is 33.8 Å². The fourth-order valence-corrected chi connectivity index (χ4v) is 2.87. The van der Waals surface area contributed by atoms with Crippen LogP contribution in [0.1, 0.15) is 27.7 Å². The molecular formula is C15H26N4O2. The molecule has 1 fully saturated rings. The maximum Gasteiger partial charge on any atom is 0.239 e. The number of aromatic nitrogens is 2. The van der Waals surface area contributed by atoms with Gasteiger partial charge in [0.25, 0.3) is 0 Å². The molecule has 1 aliphatic rings. The maximum atomic E-state index is 12.5. The van der Waals surface area contributed by atoms with Crippen LogP contribution in [0.2, 0.25) is 0 Å². The lowest BCUT2D eigenvalue weighted by atomic mass is 10.2. The zero-order valence-electron chi connectivity index (χ0n) is 13.3. The summed E-state index contributed by atoms with van der Waals surface area (Å²) < 4.78 is 7.54. The van der Waals surface area contributed by atoms with E-state index in [1.165, 1.54) is 0 Å². The first-order valence-electron chi connectivity index (χ1n) is 7.63. The topological polar surface area (TPSA) is 59.4 Å². The number of carbonyl (C=O) groups excluding carboxylic acids is 1. The van der Waals surface area contributed by atoms with Gasteiger partial charge in [-0.15, -0.1) is 0 Å². The van der Waals surface area contributed by atoms with E-state index in [9.17, 15) is 4.79 Å². The molecule has 0 unspecified atom stereocenters. The van der Waals surface area contributed by atoms with Gasteiger partial charge < -0.3 is 15.0 Å². The van der Waals surface area contributed by atoms with Gasteiger partial charge in [0.15, 0.2) is 0 Å². The molecule has 0 aliphatic carbocycles. The van der Waals surface area contributed by atoms with Crippen molar-refractivity contribution in [3.05, 3.63) is 18.5 Å². The molecule has 0 bridgehead atoms. The first-order valence-corrected chi connectivity index (χ1v) is 7.63. The van der Waals surface area contributed by atoms with Gasteiger partial charge in [0, 0.05) is 31.5 Å². The lowest BCUT2D eigenvalue weighted by Gasteiger charge is -2.37. The largest absolute Gasteiger partial charge is 0.372 e. The van der Waals surface area contributed by atoms with E-state index in [2.05, 4.69) is 17.3 Å². The van der Waals surface area contributed by atoms with Crippen LogP contribution in [0.15, 0.2) is 18.5 Å². The van der Waals surface area contributed by atoms with Crippen LogP contribution in [-0.4, -0.2) is 58.0 Å². The summed E-state index contributed by atoms with van der Waals surface area (Å²) in [6.07, 6.45) is 3.89. The standard InChI is InChI=1S/C15H26N4O2/c1-11(8-19-7-5-6-16-19)17-14(4)15(20)18-9-12(2)21-13(3)10-18/h5-7,11-14,17H,8-10H2,1-4H3/t11-,12-,13+,14-/m1/s1. The minimum absolute atomic E-state index is 0.103. The summed E-state index contributed by atoms with van der Waals surface area (Å²) in [4.78, 5) is 14.4. The average molecular weight is 294 g/mol. The molecule has 1 aromatic rings. The maximum absolute atomic E-state index is 12.5. The summed E-state index contributed by atoms with van der Waals surface area (Å²) >= 11 is 0. The fraction of sp³-hybridized carbons (Fsp3) is 0.733. The van der Waals surface area contributed by atoms with E-state index in [4.69, 9.17) is 4.74 Å². The van der Waals surface area contributed by atoms with E-state index < -0.39 is 0 Å². The Morgan fingerprint density at radius 1 is 1.38 bits per heavy atom. The molecule has 6 heteroatoms. The number of amides is 1. The Hall–Kier alpha value is -1.40. The van der Waals surface area contributed by atoms with Gasteiger partial charge in [-0.25, -0.2) is 0 Å². The molecule has 0 spiro atoms. The van der Waals surface area contributed by atoms with Crippen molar-refractivity contribution in [3.63, 3.8) is 0 Å².